The summed E-state index contributed by atoms with van der Waals surface area (Å²) in [5.41, 5.74) is 0. The van der Waals surface area contributed by atoms with Crippen LogP contribution in [-0.4, -0.2) is 56.8 Å². The molecule has 206 valence electrons. The molecule has 0 amide bonds. The van der Waals surface area contributed by atoms with Gasteiger partial charge in [0.1, 0.15) is 0 Å². The minimum Gasteiger partial charge on any atom is -1.00 e. The highest BCUT2D eigenvalue weighted by molar-refractivity contribution is 5.89. The lowest BCUT2D eigenvalue weighted by molar-refractivity contribution is -0.910. The summed E-state index contributed by atoms with van der Waals surface area (Å²) in [6, 6.07) is 0. The molecule has 0 aromatic heterocycles. The average molecular weight is 606 g/mol. The van der Waals surface area contributed by atoms with Crippen molar-refractivity contribution in [3.05, 3.63) is 24.6 Å². The Bertz CT molecular complexity index is 532. The second kappa shape index (κ2) is 26.2. The smallest absolute Gasteiger partial charge is 0.157 e. The molecule has 35 heavy (non-hydrogen) atoms. The van der Waals surface area contributed by atoms with Crippen LogP contribution in [0.2, 0.25) is 0 Å². The molecule has 0 radical (unpaired) electrons. The van der Waals surface area contributed by atoms with Crippen molar-refractivity contribution >= 4 is 11.6 Å². The number of ketones is 2. The summed E-state index contributed by atoms with van der Waals surface area (Å²) in [4.78, 5) is 23.9. The topological polar surface area (TPSA) is 58.2 Å². The van der Waals surface area contributed by atoms with Gasteiger partial charge in [0.15, 0.2) is 11.6 Å². The van der Waals surface area contributed by atoms with E-state index in [1.807, 2.05) is 0 Å². The van der Waals surface area contributed by atoms with E-state index in [-0.39, 0.29) is 35.5 Å². The van der Waals surface area contributed by atoms with Crippen molar-refractivity contribution in [1.82, 2.24) is 10.6 Å². The van der Waals surface area contributed by atoms with Crippen LogP contribution in [0.15, 0.2) is 24.6 Å². The van der Waals surface area contributed by atoms with Gasteiger partial charge in [-0.15, -0.1) is 0 Å². The molecule has 0 aromatic carbocycles. The molecule has 0 unspecified atom stereocenters. The second-order valence-electron chi connectivity index (χ2n) is 10.1. The zero-order valence-electron chi connectivity index (χ0n) is 23.4. The van der Waals surface area contributed by atoms with Crippen LogP contribution >= 0.6 is 0 Å². The van der Waals surface area contributed by atoms with Crippen molar-refractivity contribution in [3.63, 3.8) is 0 Å². The lowest BCUT2D eigenvalue weighted by atomic mass is 10.0. The van der Waals surface area contributed by atoms with Gasteiger partial charge >= 0.3 is 0 Å². The quantitative estimate of drug-likeness (QED) is 0.0726. The zero-order valence-corrected chi connectivity index (χ0v) is 25.5. The number of hydrogen-bond acceptors (Lipinski definition) is 4. The van der Waals surface area contributed by atoms with Crippen LogP contribution in [0.4, 0.5) is 0 Å². The Hall–Kier alpha value is -0.890. The summed E-state index contributed by atoms with van der Waals surface area (Å²) in [5, 5.41) is 5.75. The molecule has 0 saturated heterocycles. The van der Waals surface area contributed by atoms with Crippen molar-refractivity contribution in [3.8, 4) is 0 Å². The van der Waals surface area contributed by atoms with Gasteiger partial charge < -0.3 is 39.1 Å². The molecule has 0 aliphatic carbocycles. The predicted molar refractivity (Wildman–Crippen MR) is 147 cm³/mol. The summed E-state index contributed by atoms with van der Waals surface area (Å²) < 4.78 is 0.962. The molecule has 6 heteroatoms. The first kappa shape index (κ1) is 36.3. The SMILES string of the molecule is CCCCCCCCCCCCCC[N+](C)(CCCC(=O)C=CNC)CCCC(=O)C=CNC.[I-]. The zero-order chi connectivity index (χ0) is 25.3. The molecule has 0 aromatic rings. The lowest BCUT2D eigenvalue weighted by Gasteiger charge is -2.35. The highest BCUT2D eigenvalue weighted by atomic mass is 127. The molecule has 2 N–H and O–H groups in total. The first-order valence-electron chi connectivity index (χ1n) is 14.0. The van der Waals surface area contributed by atoms with Crippen molar-refractivity contribution in [2.24, 2.45) is 0 Å². The van der Waals surface area contributed by atoms with Gasteiger partial charge in [0.05, 0.1) is 26.7 Å². The largest absolute Gasteiger partial charge is 1.00 e. The van der Waals surface area contributed by atoms with Crippen molar-refractivity contribution in [2.75, 3.05) is 40.8 Å². The van der Waals surface area contributed by atoms with Crippen LogP contribution in [0.5, 0.6) is 0 Å². The van der Waals surface area contributed by atoms with E-state index in [9.17, 15) is 9.59 Å². The first-order chi connectivity index (χ1) is 16.5. The van der Waals surface area contributed by atoms with Crippen molar-refractivity contribution in [1.29, 1.82) is 0 Å². The van der Waals surface area contributed by atoms with E-state index in [1.165, 1.54) is 77.0 Å². The minimum atomic E-state index is 0. The molecule has 0 aliphatic rings. The molecular weight excluding hydrogens is 549 g/mol. The van der Waals surface area contributed by atoms with Gasteiger partial charge in [-0.1, -0.05) is 71.1 Å². The third kappa shape index (κ3) is 24.6. The summed E-state index contributed by atoms with van der Waals surface area (Å²) in [7, 11) is 5.92. The maximum Gasteiger partial charge on any atom is 0.157 e. The summed E-state index contributed by atoms with van der Waals surface area (Å²) in [6.07, 6.45) is 26.0. The number of nitrogens with one attached hydrogen (secondary N) is 2. The number of nitrogens with zero attached hydrogens (tertiary/aromatic N) is 1. The van der Waals surface area contributed by atoms with Crippen molar-refractivity contribution in [2.45, 2.75) is 110 Å². The third-order valence-corrected chi connectivity index (χ3v) is 6.67. The number of allylic oxidation sites excluding steroid dienone is 2. The number of halogens is 1. The number of rotatable bonds is 25. The predicted octanol–water partition coefficient (Wildman–Crippen LogP) is 3.30. The van der Waals surface area contributed by atoms with Crippen LogP contribution in [0.25, 0.3) is 0 Å². The fourth-order valence-electron chi connectivity index (χ4n) is 4.46. The Morgan fingerprint density at radius 2 is 0.943 bits per heavy atom. The second-order valence-corrected chi connectivity index (χ2v) is 10.1. The molecule has 0 aliphatic heterocycles. The van der Waals surface area contributed by atoms with E-state index >= 15 is 0 Å². The molecule has 0 heterocycles. The van der Waals surface area contributed by atoms with E-state index < -0.39 is 0 Å². The van der Waals surface area contributed by atoms with Gasteiger partial charge in [0.2, 0.25) is 0 Å². The monoisotopic (exact) mass is 605 g/mol. The fourth-order valence-corrected chi connectivity index (χ4v) is 4.46. The Kier molecular flexibility index (Phi) is 27.1. The highest BCUT2D eigenvalue weighted by Crippen LogP contribution is 2.15. The Morgan fingerprint density at radius 1 is 0.600 bits per heavy atom. The maximum atomic E-state index is 12.0. The number of quaternary nitrogens is 1. The Balaban J connectivity index is 0. The van der Waals surface area contributed by atoms with Gasteiger partial charge in [0, 0.05) is 39.8 Å². The van der Waals surface area contributed by atoms with Crippen LogP contribution in [-0.2, 0) is 9.59 Å². The number of carbonyl (C=O) groups is 2. The van der Waals surface area contributed by atoms with Crippen LogP contribution in [0.1, 0.15) is 110 Å². The maximum absolute atomic E-state index is 12.0. The molecule has 0 saturated carbocycles. The number of unbranched alkanes of at least 4 members (excludes halogenated alkanes) is 11. The fraction of sp³-hybridized carbons (Fsp3) is 0.793. The van der Waals surface area contributed by atoms with Gasteiger partial charge in [0.25, 0.3) is 0 Å². The van der Waals surface area contributed by atoms with Crippen LogP contribution in [0, 0.1) is 0 Å². The standard InChI is InChI=1S/C29H55N3O2.HI/c1-5-6-7-8-9-10-11-12-13-14-15-16-25-32(4,26-17-19-28(33)21-23-30-2)27-18-20-29(34)22-24-31-3;/h21-24H,5-20,25-27H2,1-4H3,(H-,30,31,33,34);1H. The van der Waals surface area contributed by atoms with Gasteiger partial charge in [-0.3, -0.25) is 9.59 Å². The normalized spacial score (nSPS) is 13.0. The summed E-state index contributed by atoms with van der Waals surface area (Å²) in [6.45, 7) is 5.41. The van der Waals surface area contributed by atoms with Crippen LogP contribution in [0.3, 0.4) is 0 Å². The van der Waals surface area contributed by atoms with Gasteiger partial charge in [-0.2, -0.15) is 0 Å². The first-order valence-corrected chi connectivity index (χ1v) is 14.0. The van der Waals surface area contributed by atoms with E-state index in [0.717, 1.165) is 37.0 Å². The lowest BCUT2D eigenvalue weighted by Crippen LogP contribution is -3.00. The highest BCUT2D eigenvalue weighted by Gasteiger charge is 2.21. The molecule has 0 bridgehead atoms. The molecule has 0 rings (SSSR count). The van der Waals surface area contributed by atoms with Gasteiger partial charge in [-0.05, 0) is 37.4 Å². The molecule has 0 fully saturated rings. The minimum absolute atomic E-state index is 0. The summed E-state index contributed by atoms with van der Waals surface area (Å²) >= 11 is 0. The van der Waals surface area contributed by atoms with Crippen LogP contribution < -0.4 is 34.6 Å². The van der Waals surface area contributed by atoms with E-state index in [1.54, 1.807) is 38.6 Å². The Labute approximate surface area is 234 Å². The molecule has 5 nitrogen and oxygen atoms in total. The number of carbonyl (C=O) groups excluding carboxylic acids is 2. The average Bonchev–Trinajstić information content (AvgIpc) is 2.82. The van der Waals surface area contributed by atoms with Crippen molar-refractivity contribution < 1.29 is 38.0 Å². The summed E-state index contributed by atoms with van der Waals surface area (Å²) in [5.74, 6) is 0.359. The van der Waals surface area contributed by atoms with E-state index in [4.69, 9.17) is 0 Å². The molecule has 0 spiro atoms. The van der Waals surface area contributed by atoms with Gasteiger partial charge in [-0.25, -0.2) is 0 Å². The third-order valence-electron chi connectivity index (χ3n) is 6.67. The van der Waals surface area contributed by atoms with E-state index in [2.05, 4.69) is 24.6 Å². The Morgan fingerprint density at radius 3 is 1.31 bits per heavy atom. The van der Waals surface area contributed by atoms with E-state index in [0.29, 0.717) is 12.8 Å². The molecule has 0 atom stereocenters. The molecular formula is C29H56IN3O2. The number of hydrogen-bond donors (Lipinski definition) is 2.